The van der Waals surface area contributed by atoms with Gasteiger partial charge in [-0.25, -0.2) is 4.39 Å². The molecule has 2 nitrogen and oxygen atoms in total. The van der Waals surface area contributed by atoms with Crippen LogP contribution in [0.15, 0.2) is 60.7 Å². The van der Waals surface area contributed by atoms with Crippen LogP contribution in [0.4, 0.5) is 4.39 Å². The van der Waals surface area contributed by atoms with E-state index in [1.165, 1.54) is 12.1 Å². The molecule has 0 saturated carbocycles. The van der Waals surface area contributed by atoms with Crippen LogP contribution in [-0.4, -0.2) is 0 Å². The minimum Gasteiger partial charge on any atom is -0.488 e. The van der Waals surface area contributed by atoms with E-state index in [0.29, 0.717) is 43.1 Å². The van der Waals surface area contributed by atoms with Gasteiger partial charge in [0.05, 0.1) is 16.7 Å². The Labute approximate surface area is 177 Å². The second kappa shape index (κ2) is 9.12. The zero-order valence-electron chi connectivity index (χ0n) is 14.4. The number of rotatable bonds is 5. The molecule has 0 aliphatic rings. The summed E-state index contributed by atoms with van der Waals surface area (Å²) >= 11 is 18.3. The highest BCUT2D eigenvalue weighted by molar-refractivity contribution is 6.36. The van der Waals surface area contributed by atoms with Crippen LogP contribution in [0, 0.1) is 17.1 Å². The van der Waals surface area contributed by atoms with Gasteiger partial charge in [-0.1, -0.05) is 53.0 Å². The lowest BCUT2D eigenvalue weighted by Crippen LogP contribution is -1.98. The molecule has 3 aromatic carbocycles. The summed E-state index contributed by atoms with van der Waals surface area (Å²) in [5.41, 5.74) is 2.17. The molecule has 0 atom stereocenters. The minimum absolute atomic E-state index is 0.170. The summed E-state index contributed by atoms with van der Waals surface area (Å²) in [6, 6.07) is 18.3. The number of allylic oxidation sites excluding steroid dienone is 1. The maximum atomic E-state index is 13.4. The molecular weight excluding hydrogens is 420 g/mol. The van der Waals surface area contributed by atoms with Crippen LogP contribution in [0.5, 0.6) is 5.75 Å². The molecule has 0 unspecified atom stereocenters. The lowest BCUT2D eigenvalue weighted by atomic mass is 10.0. The molecule has 0 spiro atoms. The molecule has 0 heterocycles. The lowest BCUT2D eigenvalue weighted by molar-refractivity contribution is 0.305. The van der Waals surface area contributed by atoms with Crippen molar-refractivity contribution < 1.29 is 9.13 Å². The summed E-state index contributed by atoms with van der Waals surface area (Å²) in [4.78, 5) is 0. The number of benzene rings is 3. The molecule has 3 aromatic rings. The second-order valence-electron chi connectivity index (χ2n) is 5.89. The summed E-state index contributed by atoms with van der Waals surface area (Å²) in [7, 11) is 0. The van der Waals surface area contributed by atoms with E-state index in [2.05, 4.69) is 6.07 Å². The fraction of sp³-hybridized carbons (Fsp3) is 0.0455. The maximum absolute atomic E-state index is 13.4. The van der Waals surface area contributed by atoms with Crippen molar-refractivity contribution in [2.45, 2.75) is 6.61 Å². The standard InChI is InChI=1S/C22H13Cl3FNO/c23-17-5-7-22(28-13-14-2-1-3-19(26)8-14)15(10-17)9-16(12-27)20-6-4-18(24)11-21(20)25/h1-11H,13H2/b16-9+. The summed E-state index contributed by atoms with van der Waals surface area (Å²) in [6.07, 6.45) is 1.64. The molecule has 0 saturated heterocycles. The number of hydrogen-bond donors (Lipinski definition) is 0. The van der Waals surface area contributed by atoms with Gasteiger partial charge in [-0.2, -0.15) is 5.26 Å². The first kappa shape index (κ1) is 20.2. The molecule has 0 aromatic heterocycles. The van der Waals surface area contributed by atoms with Gasteiger partial charge in [-0.3, -0.25) is 0 Å². The van der Waals surface area contributed by atoms with E-state index in [9.17, 15) is 9.65 Å². The number of ether oxygens (including phenoxy) is 1. The topological polar surface area (TPSA) is 33.0 Å². The fourth-order valence-electron chi connectivity index (χ4n) is 2.59. The molecule has 3 rings (SSSR count). The summed E-state index contributed by atoms with van der Waals surface area (Å²) in [5.74, 6) is 0.174. The largest absolute Gasteiger partial charge is 0.488 e. The van der Waals surface area contributed by atoms with E-state index < -0.39 is 0 Å². The monoisotopic (exact) mass is 431 g/mol. The summed E-state index contributed by atoms with van der Waals surface area (Å²) in [5, 5.41) is 10.9. The smallest absolute Gasteiger partial charge is 0.127 e. The first-order chi connectivity index (χ1) is 13.5. The third-order valence-electron chi connectivity index (χ3n) is 3.90. The molecule has 0 radical (unpaired) electrons. The average Bonchev–Trinajstić information content (AvgIpc) is 2.66. The van der Waals surface area contributed by atoms with Gasteiger partial charge in [-0.05, 0) is 54.1 Å². The van der Waals surface area contributed by atoms with Gasteiger partial charge in [0.25, 0.3) is 0 Å². The molecular formula is C22H13Cl3FNO. The maximum Gasteiger partial charge on any atom is 0.127 e. The number of nitrogens with zero attached hydrogens (tertiary/aromatic N) is 1. The molecule has 0 aliphatic heterocycles. The van der Waals surface area contributed by atoms with E-state index in [4.69, 9.17) is 39.5 Å². The van der Waals surface area contributed by atoms with Gasteiger partial charge in [0, 0.05) is 21.2 Å². The van der Waals surface area contributed by atoms with E-state index >= 15 is 0 Å². The second-order valence-corrected chi connectivity index (χ2v) is 7.17. The van der Waals surface area contributed by atoms with Crippen molar-refractivity contribution in [2.24, 2.45) is 0 Å². The van der Waals surface area contributed by atoms with Crippen LogP contribution in [0.25, 0.3) is 11.6 Å². The van der Waals surface area contributed by atoms with Crippen molar-refractivity contribution in [1.29, 1.82) is 5.26 Å². The molecule has 6 heteroatoms. The van der Waals surface area contributed by atoms with Crippen molar-refractivity contribution in [3.8, 4) is 11.8 Å². The van der Waals surface area contributed by atoms with Crippen LogP contribution >= 0.6 is 34.8 Å². The van der Waals surface area contributed by atoms with E-state index in [0.717, 1.165) is 0 Å². The van der Waals surface area contributed by atoms with Crippen molar-refractivity contribution in [3.05, 3.63) is 98.2 Å². The molecule has 28 heavy (non-hydrogen) atoms. The Kier molecular flexibility index (Phi) is 6.59. The Balaban J connectivity index is 1.95. The normalized spacial score (nSPS) is 11.2. The Morgan fingerprint density at radius 1 is 1.00 bits per heavy atom. The minimum atomic E-state index is -0.332. The third kappa shape index (κ3) is 5.05. The molecule has 0 fully saturated rings. The summed E-state index contributed by atoms with van der Waals surface area (Å²) in [6.45, 7) is 0.170. The molecule has 0 bridgehead atoms. The third-order valence-corrected chi connectivity index (χ3v) is 4.68. The van der Waals surface area contributed by atoms with E-state index in [1.54, 1.807) is 54.6 Å². The van der Waals surface area contributed by atoms with Crippen LogP contribution in [0.3, 0.4) is 0 Å². The average molecular weight is 433 g/mol. The first-order valence-electron chi connectivity index (χ1n) is 8.20. The van der Waals surface area contributed by atoms with Crippen LogP contribution < -0.4 is 4.74 Å². The summed E-state index contributed by atoms with van der Waals surface area (Å²) < 4.78 is 19.2. The highest BCUT2D eigenvalue weighted by atomic mass is 35.5. The Hall–Kier alpha value is -2.51. The first-order valence-corrected chi connectivity index (χ1v) is 9.33. The molecule has 0 aliphatic carbocycles. The SMILES string of the molecule is N#C/C(=C\c1cc(Cl)ccc1OCc1cccc(F)c1)c1ccc(Cl)cc1Cl. The molecule has 140 valence electrons. The van der Waals surface area contributed by atoms with Crippen LogP contribution in [0.1, 0.15) is 16.7 Å². The number of halogens is 4. The fourth-order valence-corrected chi connectivity index (χ4v) is 3.28. The van der Waals surface area contributed by atoms with Gasteiger partial charge in [0.2, 0.25) is 0 Å². The van der Waals surface area contributed by atoms with Crippen molar-refractivity contribution in [3.63, 3.8) is 0 Å². The number of hydrogen-bond acceptors (Lipinski definition) is 2. The lowest BCUT2D eigenvalue weighted by Gasteiger charge is -2.11. The predicted octanol–water partition coefficient (Wildman–Crippen LogP) is 7.43. The Morgan fingerprint density at radius 3 is 2.46 bits per heavy atom. The quantitative estimate of drug-likeness (QED) is 0.310. The van der Waals surface area contributed by atoms with Crippen LogP contribution in [0.2, 0.25) is 15.1 Å². The van der Waals surface area contributed by atoms with Crippen molar-refractivity contribution in [1.82, 2.24) is 0 Å². The van der Waals surface area contributed by atoms with Gasteiger partial charge >= 0.3 is 0 Å². The number of nitriles is 1. The zero-order chi connectivity index (χ0) is 20.1. The highest BCUT2D eigenvalue weighted by Gasteiger charge is 2.10. The Bertz CT molecular complexity index is 1090. The van der Waals surface area contributed by atoms with Gasteiger partial charge < -0.3 is 4.74 Å². The van der Waals surface area contributed by atoms with E-state index in [-0.39, 0.29) is 12.4 Å². The zero-order valence-corrected chi connectivity index (χ0v) is 16.7. The molecule has 0 amide bonds. The van der Waals surface area contributed by atoms with Gasteiger partial charge in [-0.15, -0.1) is 0 Å². The van der Waals surface area contributed by atoms with Crippen LogP contribution in [-0.2, 0) is 6.61 Å². The van der Waals surface area contributed by atoms with Crippen molar-refractivity contribution in [2.75, 3.05) is 0 Å². The van der Waals surface area contributed by atoms with E-state index in [1.807, 2.05) is 0 Å². The highest BCUT2D eigenvalue weighted by Crippen LogP contribution is 2.31. The van der Waals surface area contributed by atoms with Crippen molar-refractivity contribution >= 4 is 46.5 Å². The van der Waals surface area contributed by atoms with Gasteiger partial charge in [0.1, 0.15) is 18.2 Å². The molecule has 0 N–H and O–H groups in total. The van der Waals surface area contributed by atoms with Gasteiger partial charge in [0.15, 0.2) is 0 Å². The Morgan fingerprint density at radius 2 is 1.75 bits per heavy atom. The predicted molar refractivity (Wildman–Crippen MR) is 112 cm³/mol.